The summed E-state index contributed by atoms with van der Waals surface area (Å²) in [7, 11) is 0. The van der Waals surface area contributed by atoms with Crippen LogP contribution in [0.25, 0.3) is 0 Å². The van der Waals surface area contributed by atoms with E-state index in [0.717, 1.165) is 17.1 Å². The van der Waals surface area contributed by atoms with Crippen molar-refractivity contribution in [3.05, 3.63) is 16.1 Å². The SMILES string of the molecule is CCC(N)=NCc1csc(C)n1. The number of hydrogen-bond acceptors (Lipinski definition) is 3. The number of aromatic nitrogens is 1. The van der Waals surface area contributed by atoms with E-state index in [1.807, 2.05) is 19.2 Å². The predicted molar refractivity (Wildman–Crippen MR) is 52.5 cm³/mol. The minimum Gasteiger partial charge on any atom is -0.387 e. The maximum absolute atomic E-state index is 5.55. The van der Waals surface area contributed by atoms with E-state index in [2.05, 4.69) is 9.98 Å². The molecule has 0 saturated carbocycles. The van der Waals surface area contributed by atoms with Gasteiger partial charge in [0.25, 0.3) is 0 Å². The van der Waals surface area contributed by atoms with Crippen molar-refractivity contribution in [2.75, 3.05) is 0 Å². The molecule has 0 spiro atoms. The highest BCUT2D eigenvalue weighted by Crippen LogP contribution is 2.08. The second kappa shape index (κ2) is 4.21. The highest BCUT2D eigenvalue weighted by atomic mass is 32.1. The van der Waals surface area contributed by atoms with Crippen molar-refractivity contribution < 1.29 is 0 Å². The van der Waals surface area contributed by atoms with Crippen LogP contribution >= 0.6 is 11.3 Å². The Morgan fingerprint density at radius 2 is 2.50 bits per heavy atom. The Balaban J connectivity index is 2.53. The van der Waals surface area contributed by atoms with Gasteiger partial charge >= 0.3 is 0 Å². The van der Waals surface area contributed by atoms with Crippen LogP contribution in [0.1, 0.15) is 24.0 Å². The van der Waals surface area contributed by atoms with Gasteiger partial charge in [-0.1, -0.05) is 6.92 Å². The average molecular weight is 183 g/mol. The summed E-state index contributed by atoms with van der Waals surface area (Å²) >= 11 is 1.64. The van der Waals surface area contributed by atoms with Crippen molar-refractivity contribution in [2.45, 2.75) is 26.8 Å². The van der Waals surface area contributed by atoms with Gasteiger partial charge in [0.05, 0.1) is 23.1 Å². The fraction of sp³-hybridized carbons (Fsp3) is 0.500. The number of nitrogens with zero attached hydrogens (tertiary/aromatic N) is 2. The maximum Gasteiger partial charge on any atom is 0.0939 e. The smallest absolute Gasteiger partial charge is 0.0939 e. The molecule has 0 aliphatic rings. The first-order chi connectivity index (χ1) is 5.72. The monoisotopic (exact) mass is 183 g/mol. The zero-order valence-corrected chi connectivity index (χ0v) is 8.19. The predicted octanol–water partition coefficient (Wildman–Crippen LogP) is 1.72. The minimum absolute atomic E-state index is 0.615. The first-order valence-corrected chi connectivity index (χ1v) is 4.80. The lowest BCUT2D eigenvalue weighted by Gasteiger charge is -1.93. The minimum atomic E-state index is 0.615. The molecular formula is C8H13N3S. The fourth-order valence-electron chi connectivity index (χ4n) is 0.775. The second-order valence-electron chi connectivity index (χ2n) is 2.52. The second-order valence-corrected chi connectivity index (χ2v) is 3.58. The quantitative estimate of drug-likeness (QED) is 0.573. The molecule has 1 aromatic heterocycles. The van der Waals surface area contributed by atoms with Gasteiger partial charge in [0.2, 0.25) is 0 Å². The Hall–Kier alpha value is -0.900. The molecule has 1 rings (SSSR count). The van der Waals surface area contributed by atoms with Crippen molar-refractivity contribution in [3.63, 3.8) is 0 Å². The highest BCUT2D eigenvalue weighted by Gasteiger charge is 1.95. The van der Waals surface area contributed by atoms with Crippen molar-refractivity contribution >= 4 is 17.2 Å². The van der Waals surface area contributed by atoms with Crippen molar-refractivity contribution in [1.29, 1.82) is 0 Å². The largest absolute Gasteiger partial charge is 0.387 e. The van der Waals surface area contributed by atoms with Crippen LogP contribution in [-0.4, -0.2) is 10.8 Å². The Kier molecular flexibility index (Phi) is 3.22. The summed E-state index contributed by atoms with van der Waals surface area (Å²) < 4.78 is 0. The van der Waals surface area contributed by atoms with E-state index in [1.54, 1.807) is 11.3 Å². The molecule has 0 amide bonds. The molecule has 1 heterocycles. The number of thiazole rings is 1. The van der Waals surface area contributed by atoms with Gasteiger partial charge in [-0.3, -0.25) is 4.99 Å². The van der Waals surface area contributed by atoms with Gasteiger partial charge in [0, 0.05) is 11.8 Å². The Labute approximate surface area is 76.4 Å². The third kappa shape index (κ3) is 2.62. The zero-order chi connectivity index (χ0) is 8.97. The summed E-state index contributed by atoms with van der Waals surface area (Å²) in [6.45, 7) is 4.59. The third-order valence-corrected chi connectivity index (χ3v) is 2.30. The van der Waals surface area contributed by atoms with Gasteiger partial charge in [0.15, 0.2) is 0 Å². The molecule has 0 aliphatic carbocycles. The van der Waals surface area contributed by atoms with E-state index >= 15 is 0 Å². The standard InChI is InChI=1S/C8H13N3S/c1-3-8(9)10-4-7-5-12-6(2)11-7/h5H,3-4H2,1-2H3,(H2,9,10). The summed E-state index contributed by atoms with van der Waals surface area (Å²) in [4.78, 5) is 8.44. The normalized spacial score (nSPS) is 12.0. The Morgan fingerprint density at radius 3 is 3.00 bits per heavy atom. The first-order valence-electron chi connectivity index (χ1n) is 3.92. The number of nitrogens with two attached hydrogens (primary N) is 1. The van der Waals surface area contributed by atoms with Gasteiger partial charge in [-0.25, -0.2) is 4.98 Å². The number of aliphatic imine (C=N–C) groups is 1. The number of aryl methyl sites for hydroxylation is 1. The fourth-order valence-corrected chi connectivity index (χ4v) is 1.38. The molecular weight excluding hydrogens is 170 g/mol. The summed E-state index contributed by atoms with van der Waals surface area (Å²) in [5.74, 6) is 0.695. The molecule has 0 unspecified atom stereocenters. The first kappa shape index (κ1) is 9.19. The maximum atomic E-state index is 5.55. The summed E-state index contributed by atoms with van der Waals surface area (Å²) in [6.07, 6.45) is 0.809. The third-order valence-electron chi connectivity index (χ3n) is 1.47. The van der Waals surface area contributed by atoms with Gasteiger partial charge in [0.1, 0.15) is 0 Å². The molecule has 66 valence electrons. The topological polar surface area (TPSA) is 51.3 Å². The van der Waals surface area contributed by atoms with Crippen LogP contribution in [0, 0.1) is 6.92 Å². The molecule has 0 atom stereocenters. The lowest BCUT2D eigenvalue weighted by molar-refractivity contribution is 0.982. The molecule has 0 bridgehead atoms. The summed E-state index contributed by atoms with van der Waals surface area (Å²) in [5, 5.41) is 3.09. The van der Waals surface area contributed by atoms with Crippen LogP contribution in [0.15, 0.2) is 10.4 Å². The molecule has 1 aromatic rings. The van der Waals surface area contributed by atoms with Gasteiger partial charge in [-0.2, -0.15) is 0 Å². The van der Waals surface area contributed by atoms with Crippen molar-refractivity contribution in [3.8, 4) is 0 Å². The molecule has 0 aliphatic heterocycles. The molecule has 0 radical (unpaired) electrons. The zero-order valence-electron chi connectivity index (χ0n) is 7.37. The lowest BCUT2D eigenvalue weighted by Crippen LogP contribution is -2.09. The van der Waals surface area contributed by atoms with E-state index in [1.165, 1.54) is 0 Å². The van der Waals surface area contributed by atoms with Gasteiger partial charge in [-0.05, 0) is 6.92 Å². The summed E-state index contributed by atoms with van der Waals surface area (Å²) in [6, 6.07) is 0. The van der Waals surface area contributed by atoms with Gasteiger partial charge < -0.3 is 5.73 Å². The lowest BCUT2D eigenvalue weighted by atomic mass is 10.4. The van der Waals surface area contributed by atoms with E-state index in [4.69, 9.17) is 5.73 Å². The molecule has 0 fully saturated rings. The summed E-state index contributed by atoms with van der Waals surface area (Å²) in [5.41, 5.74) is 6.56. The molecule has 0 aromatic carbocycles. The molecule has 2 N–H and O–H groups in total. The molecule has 0 saturated heterocycles. The number of rotatable bonds is 3. The van der Waals surface area contributed by atoms with E-state index in [9.17, 15) is 0 Å². The van der Waals surface area contributed by atoms with Gasteiger partial charge in [-0.15, -0.1) is 11.3 Å². The van der Waals surface area contributed by atoms with Crippen LogP contribution in [0.2, 0.25) is 0 Å². The highest BCUT2D eigenvalue weighted by molar-refractivity contribution is 7.09. The van der Waals surface area contributed by atoms with Crippen LogP contribution < -0.4 is 5.73 Å². The van der Waals surface area contributed by atoms with Crippen LogP contribution in [-0.2, 0) is 6.54 Å². The molecule has 4 heteroatoms. The van der Waals surface area contributed by atoms with E-state index in [0.29, 0.717) is 12.4 Å². The Morgan fingerprint density at radius 1 is 1.75 bits per heavy atom. The van der Waals surface area contributed by atoms with E-state index in [-0.39, 0.29) is 0 Å². The van der Waals surface area contributed by atoms with Crippen LogP contribution in [0.3, 0.4) is 0 Å². The number of hydrogen-bond donors (Lipinski definition) is 1. The van der Waals surface area contributed by atoms with Crippen molar-refractivity contribution in [2.24, 2.45) is 10.7 Å². The van der Waals surface area contributed by atoms with Crippen molar-refractivity contribution in [1.82, 2.24) is 4.98 Å². The number of amidine groups is 1. The van der Waals surface area contributed by atoms with Crippen LogP contribution in [0.5, 0.6) is 0 Å². The molecule has 3 nitrogen and oxygen atoms in total. The molecule has 12 heavy (non-hydrogen) atoms. The average Bonchev–Trinajstić information content (AvgIpc) is 2.47. The van der Waals surface area contributed by atoms with Crippen LogP contribution in [0.4, 0.5) is 0 Å². The Bertz CT molecular complexity index is 278. The van der Waals surface area contributed by atoms with E-state index < -0.39 is 0 Å².